The zero-order valence-electron chi connectivity index (χ0n) is 26.5. The molecular weight excluding hydrogens is 577 g/mol. The summed E-state index contributed by atoms with van der Waals surface area (Å²) < 4.78 is 0. The molecule has 0 spiro atoms. The van der Waals surface area contributed by atoms with Crippen LogP contribution in [0.5, 0.6) is 0 Å². The van der Waals surface area contributed by atoms with Crippen molar-refractivity contribution in [3.05, 3.63) is 194 Å². The van der Waals surface area contributed by atoms with E-state index in [0.29, 0.717) is 0 Å². The molecule has 0 saturated carbocycles. The first-order valence-corrected chi connectivity index (χ1v) is 16.6. The molecule has 224 valence electrons. The van der Waals surface area contributed by atoms with Gasteiger partial charge in [-0.25, -0.2) is 0 Å². The van der Waals surface area contributed by atoms with Gasteiger partial charge < -0.3 is 0 Å². The molecule has 0 amide bonds. The Morgan fingerprint density at radius 1 is 0.188 bits per heavy atom. The lowest BCUT2D eigenvalue weighted by Crippen LogP contribution is -1.90. The number of rotatable bonds is 5. The maximum Gasteiger partial charge on any atom is -0.00199 e. The molecule has 0 radical (unpaired) electrons. The normalized spacial score (nSPS) is 11.3. The molecule has 9 rings (SSSR count). The zero-order valence-corrected chi connectivity index (χ0v) is 26.5. The second-order valence-electron chi connectivity index (χ2n) is 12.5. The van der Waals surface area contributed by atoms with Gasteiger partial charge in [0, 0.05) is 0 Å². The SMILES string of the molecule is c1ccc(-c2cccc(-c3cccc(-c4cccc(-c5cc(-c6ccccc6)c6c7ccccc7c7ccccc7c6c5)c4)c3)c2)cc1. The largest absolute Gasteiger partial charge is 0.0622 e. The van der Waals surface area contributed by atoms with Crippen LogP contribution < -0.4 is 0 Å². The Kier molecular flexibility index (Phi) is 6.91. The van der Waals surface area contributed by atoms with Crippen molar-refractivity contribution in [1.29, 1.82) is 0 Å². The summed E-state index contributed by atoms with van der Waals surface area (Å²) in [7, 11) is 0. The van der Waals surface area contributed by atoms with Crippen molar-refractivity contribution in [3.63, 3.8) is 0 Å². The maximum atomic E-state index is 2.40. The van der Waals surface area contributed by atoms with E-state index in [4.69, 9.17) is 0 Å². The molecule has 9 aromatic rings. The third-order valence-electron chi connectivity index (χ3n) is 9.62. The fourth-order valence-electron chi connectivity index (χ4n) is 7.31. The van der Waals surface area contributed by atoms with Crippen LogP contribution in [0.4, 0.5) is 0 Å². The third kappa shape index (κ3) is 4.96. The van der Waals surface area contributed by atoms with E-state index in [1.807, 2.05) is 0 Å². The van der Waals surface area contributed by atoms with Crippen LogP contribution in [0.1, 0.15) is 0 Å². The van der Waals surface area contributed by atoms with E-state index in [9.17, 15) is 0 Å². The summed E-state index contributed by atoms with van der Waals surface area (Å²) in [6.45, 7) is 0. The van der Waals surface area contributed by atoms with Gasteiger partial charge in [0.1, 0.15) is 0 Å². The summed E-state index contributed by atoms with van der Waals surface area (Å²) in [5.74, 6) is 0. The molecule has 0 aliphatic rings. The van der Waals surface area contributed by atoms with Crippen LogP contribution in [0.25, 0.3) is 88.0 Å². The van der Waals surface area contributed by atoms with Crippen LogP contribution in [-0.2, 0) is 0 Å². The van der Waals surface area contributed by atoms with E-state index >= 15 is 0 Å². The summed E-state index contributed by atoms with van der Waals surface area (Å²) in [4.78, 5) is 0. The predicted molar refractivity (Wildman–Crippen MR) is 206 cm³/mol. The quantitative estimate of drug-likeness (QED) is 0.171. The molecule has 0 saturated heterocycles. The van der Waals surface area contributed by atoms with Crippen molar-refractivity contribution in [2.24, 2.45) is 0 Å². The van der Waals surface area contributed by atoms with Gasteiger partial charge in [-0.2, -0.15) is 0 Å². The van der Waals surface area contributed by atoms with Crippen molar-refractivity contribution in [1.82, 2.24) is 0 Å². The Bertz CT molecular complexity index is 2590. The Labute approximate surface area is 281 Å². The number of hydrogen-bond donors (Lipinski definition) is 0. The number of hydrogen-bond acceptors (Lipinski definition) is 0. The summed E-state index contributed by atoms with van der Waals surface area (Å²) >= 11 is 0. The summed E-state index contributed by atoms with van der Waals surface area (Å²) in [5.41, 5.74) is 12.2. The molecule has 0 N–H and O–H groups in total. The molecule has 0 fully saturated rings. The molecule has 0 aromatic heterocycles. The second-order valence-corrected chi connectivity index (χ2v) is 12.5. The van der Waals surface area contributed by atoms with Gasteiger partial charge in [0.05, 0.1) is 0 Å². The average Bonchev–Trinajstić information content (AvgIpc) is 3.18. The second kappa shape index (κ2) is 11.8. The van der Waals surface area contributed by atoms with Crippen LogP contribution in [-0.4, -0.2) is 0 Å². The molecular formula is C48H32. The van der Waals surface area contributed by atoms with E-state index in [1.165, 1.54) is 88.0 Å². The summed E-state index contributed by atoms with van der Waals surface area (Å²) in [5, 5.41) is 7.75. The van der Waals surface area contributed by atoms with Gasteiger partial charge in [-0.05, 0) is 118 Å². The Balaban J connectivity index is 1.20. The third-order valence-corrected chi connectivity index (χ3v) is 9.62. The molecule has 48 heavy (non-hydrogen) atoms. The molecule has 0 heterocycles. The van der Waals surface area contributed by atoms with Gasteiger partial charge in [-0.3, -0.25) is 0 Å². The molecule has 0 atom stereocenters. The van der Waals surface area contributed by atoms with Crippen LogP contribution in [0.3, 0.4) is 0 Å². The summed E-state index contributed by atoms with van der Waals surface area (Å²) in [6.07, 6.45) is 0. The summed E-state index contributed by atoms with van der Waals surface area (Å²) in [6, 6.07) is 70.7. The van der Waals surface area contributed by atoms with Crippen molar-refractivity contribution in [3.8, 4) is 55.6 Å². The first kappa shape index (κ1) is 28.0. The van der Waals surface area contributed by atoms with Gasteiger partial charge in [0.2, 0.25) is 0 Å². The first-order chi connectivity index (χ1) is 23.8. The van der Waals surface area contributed by atoms with Crippen LogP contribution in [0.15, 0.2) is 194 Å². The van der Waals surface area contributed by atoms with Gasteiger partial charge in [-0.15, -0.1) is 0 Å². The van der Waals surface area contributed by atoms with Gasteiger partial charge in [0.25, 0.3) is 0 Å². The maximum absolute atomic E-state index is 2.40. The lowest BCUT2D eigenvalue weighted by Gasteiger charge is -2.17. The highest BCUT2D eigenvalue weighted by molar-refractivity contribution is 6.29. The van der Waals surface area contributed by atoms with E-state index in [-0.39, 0.29) is 0 Å². The molecule has 0 heteroatoms. The molecule has 0 aliphatic heterocycles. The molecule has 9 aromatic carbocycles. The van der Waals surface area contributed by atoms with E-state index in [0.717, 1.165) is 0 Å². The Morgan fingerprint density at radius 3 is 1.06 bits per heavy atom. The lowest BCUT2D eigenvalue weighted by molar-refractivity contribution is 1.57. The predicted octanol–water partition coefficient (Wildman–Crippen LogP) is 13.5. The van der Waals surface area contributed by atoms with Crippen LogP contribution in [0, 0.1) is 0 Å². The highest BCUT2D eigenvalue weighted by atomic mass is 14.2. The minimum Gasteiger partial charge on any atom is -0.0622 e. The van der Waals surface area contributed by atoms with Crippen molar-refractivity contribution in [2.45, 2.75) is 0 Å². The Morgan fingerprint density at radius 2 is 0.542 bits per heavy atom. The molecule has 0 aliphatic carbocycles. The number of fused-ring (bicyclic) bond motifs is 6. The van der Waals surface area contributed by atoms with Gasteiger partial charge in [0.15, 0.2) is 0 Å². The molecule has 0 bridgehead atoms. The highest BCUT2D eigenvalue weighted by Gasteiger charge is 2.15. The topological polar surface area (TPSA) is 0 Å². The smallest absolute Gasteiger partial charge is 0.00199 e. The fourth-order valence-corrected chi connectivity index (χ4v) is 7.31. The Hall–Kier alpha value is -6.24. The minimum absolute atomic E-state index is 1.21. The zero-order chi connectivity index (χ0) is 31.9. The van der Waals surface area contributed by atoms with Crippen LogP contribution >= 0.6 is 0 Å². The van der Waals surface area contributed by atoms with Crippen LogP contribution in [0.2, 0.25) is 0 Å². The monoisotopic (exact) mass is 608 g/mol. The van der Waals surface area contributed by atoms with E-state index < -0.39 is 0 Å². The van der Waals surface area contributed by atoms with E-state index in [1.54, 1.807) is 0 Å². The highest BCUT2D eigenvalue weighted by Crippen LogP contribution is 2.43. The lowest BCUT2D eigenvalue weighted by atomic mass is 9.86. The minimum atomic E-state index is 1.21. The van der Waals surface area contributed by atoms with Gasteiger partial charge in [-0.1, -0.05) is 164 Å². The standard InChI is InChI=1S/C48H32/c1-3-14-33(15-4-1)35-18-11-19-36(28-35)37-20-12-21-38(29-37)39-22-13-23-40(30-39)41-31-46(34-16-5-2-6-17-34)48-45-27-10-9-25-43(45)42-24-7-8-26-44(42)47(48)32-41/h1-32H. The molecule has 0 nitrogen and oxygen atoms in total. The van der Waals surface area contributed by atoms with Crippen molar-refractivity contribution in [2.75, 3.05) is 0 Å². The van der Waals surface area contributed by atoms with E-state index in [2.05, 4.69) is 194 Å². The van der Waals surface area contributed by atoms with Crippen molar-refractivity contribution >= 4 is 32.3 Å². The average molecular weight is 609 g/mol. The molecule has 0 unspecified atom stereocenters. The number of benzene rings is 9. The van der Waals surface area contributed by atoms with Crippen molar-refractivity contribution < 1.29 is 0 Å². The van der Waals surface area contributed by atoms with Gasteiger partial charge >= 0.3 is 0 Å². The fraction of sp³-hybridized carbons (Fsp3) is 0. The first-order valence-electron chi connectivity index (χ1n) is 16.6.